The van der Waals surface area contributed by atoms with Gasteiger partial charge in [-0.15, -0.1) is 0 Å². The summed E-state index contributed by atoms with van der Waals surface area (Å²) in [7, 11) is 1.62. The predicted octanol–water partition coefficient (Wildman–Crippen LogP) is 2.38. The van der Waals surface area contributed by atoms with Crippen molar-refractivity contribution in [2.24, 2.45) is 0 Å². The first-order chi connectivity index (χ1) is 10.3. The van der Waals surface area contributed by atoms with E-state index in [-0.39, 0.29) is 5.91 Å². The number of benzene rings is 1. The lowest BCUT2D eigenvalue weighted by atomic mass is 10.1. The van der Waals surface area contributed by atoms with Crippen LogP contribution < -0.4 is 10.1 Å². The Morgan fingerprint density at radius 2 is 2.14 bits per heavy atom. The Kier molecular flexibility index (Phi) is 5.76. The lowest BCUT2D eigenvalue weighted by molar-refractivity contribution is -0.120. The van der Waals surface area contributed by atoms with Crippen LogP contribution in [0.4, 0.5) is 0 Å². The fraction of sp³-hybridized carbons (Fsp3) is 0.294. The van der Waals surface area contributed by atoms with Crippen LogP contribution >= 0.6 is 0 Å². The zero-order valence-electron chi connectivity index (χ0n) is 12.2. The molecule has 0 bridgehead atoms. The average molecular weight is 284 g/mol. The van der Waals surface area contributed by atoms with Gasteiger partial charge in [0.05, 0.1) is 13.5 Å². The van der Waals surface area contributed by atoms with E-state index in [2.05, 4.69) is 10.3 Å². The molecule has 21 heavy (non-hydrogen) atoms. The molecule has 0 radical (unpaired) electrons. The Labute approximate surface area is 125 Å². The third-order valence-corrected chi connectivity index (χ3v) is 3.16. The number of aryl methyl sites for hydroxylation is 1. The molecule has 0 saturated heterocycles. The average Bonchev–Trinajstić information content (AvgIpc) is 2.53. The van der Waals surface area contributed by atoms with Crippen molar-refractivity contribution in [2.45, 2.75) is 19.3 Å². The predicted molar refractivity (Wildman–Crippen MR) is 82.3 cm³/mol. The highest BCUT2D eigenvalue weighted by molar-refractivity contribution is 5.78. The van der Waals surface area contributed by atoms with Gasteiger partial charge in [-0.25, -0.2) is 0 Å². The third kappa shape index (κ3) is 5.26. The molecule has 0 atom stereocenters. The molecule has 2 aromatic rings. The van der Waals surface area contributed by atoms with Gasteiger partial charge < -0.3 is 10.1 Å². The van der Waals surface area contributed by atoms with Crippen LogP contribution in [0.15, 0.2) is 48.7 Å². The van der Waals surface area contributed by atoms with E-state index in [1.807, 2.05) is 42.5 Å². The Hall–Kier alpha value is -2.36. The van der Waals surface area contributed by atoms with Crippen LogP contribution in [0, 0.1) is 0 Å². The number of carbonyl (C=O) groups is 1. The highest BCUT2D eigenvalue weighted by Crippen LogP contribution is 2.12. The van der Waals surface area contributed by atoms with Crippen molar-refractivity contribution < 1.29 is 9.53 Å². The van der Waals surface area contributed by atoms with Gasteiger partial charge in [-0.3, -0.25) is 9.78 Å². The number of rotatable bonds is 7. The molecule has 1 aromatic heterocycles. The zero-order chi connectivity index (χ0) is 14.9. The van der Waals surface area contributed by atoms with Gasteiger partial charge in [0.2, 0.25) is 5.91 Å². The summed E-state index contributed by atoms with van der Waals surface area (Å²) < 4.78 is 5.15. The van der Waals surface area contributed by atoms with Crippen molar-refractivity contribution in [3.05, 3.63) is 59.9 Å². The van der Waals surface area contributed by atoms with Crippen molar-refractivity contribution >= 4 is 5.91 Å². The highest BCUT2D eigenvalue weighted by atomic mass is 16.5. The van der Waals surface area contributed by atoms with Crippen LogP contribution in [0.3, 0.4) is 0 Å². The second-order valence-corrected chi connectivity index (χ2v) is 4.80. The summed E-state index contributed by atoms with van der Waals surface area (Å²) in [5.74, 6) is 0.805. The molecule has 2 rings (SSSR count). The van der Waals surface area contributed by atoms with E-state index >= 15 is 0 Å². The van der Waals surface area contributed by atoms with E-state index in [0.717, 1.165) is 29.8 Å². The van der Waals surface area contributed by atoms with E-state index in [9.17, 15) is 4.79 Å². The smallest absolute Gasteiger partial charge is 0.224 e. The molecule has 0 unspecified atom stereocenters. The maximum Gasteiger partial charge on any atom is 0.224 e. The van der Waals surface area contributed by atoms with Gasteiger partial charge in [0.25, 0.3) is 0 Å². The van der Waals surface area contributed by atoms with Gasteiger partial charge in [-0.1, -0.05) is 18.2 Å². The molecule has 1 heterocycles. The zero-order valence-corrected chi connectivity index (χ0v) is 12.2. The number of nitrogens with zero attached hydrogens (tertiary/aromatic N) is 1. The van der Waals surface area contributed by atoms with E-state index in [4.69, 9.17) is 4.74 Å². The minimum Gasteiger partial charge on any atom is -0.497 e. The number of ether oxygens (including phenoxy) is 1. The number of carbonyl (C=O) groups excluding carboxylic acids is 1. The fourth-order valence-electron chi connectivity index (χ4n) is 2.07. The Morgan fingerprint density at radius 1 is 1.24 bits per heavy atom. The van der Waals surface area contributed by atoms with Crippen molar-refractivity contribution in [2.75, 3.05) is 13.7 Å². The molecule has 1 aromatic carbocycles. The fourth-order valence-corrected chi connectivity index (χ4v) is 2.07. The summed E-state index contributed by atoms with van der Waals surface area (Å²) in [6.07, 6.45) is 3.93. The van der Waals surface area contributed by atoms with Gasteiger partial charge in [0, 0.05) is 18.4 Å². The largest absolute Gasteiger partial charge is 0.497 e. The minimum atomic E-state index is 0.0317. The van der Waals surface area contributed by atoms with E-state index in [1.165, 1.54) is 0 Å². The molecule has 1 amide bonds. The number of hydrogen-bond donors (Lipinski definition) is 1. The van der Waals surface area contributed by atoms with Gasteiger partial charge >= 0.3 is 0 Å². The first-order valence-electron chi connectivity index (χ1n) is 7.07. The summed E-state index contributed by atoms with van der Waals surface area (Å²) >= 11 is 0. The Bertz CT molecular complexity index is 570. The third-order valence-electron chi connectivity index (χ3n) is 3.16. The number of nitrogens with one attached hydrogen (secondary N) is 1. The van der Waals surface area contributed by atoms with E-state index < -0.39 is 0 Å². The number of methoxy groups -OCH3 is 1. The lowest BCUT2D eigenvalue weighted by Crippen LogP contribution is -2.26. The molecule has 4 nitrogen and oxygen atoms in total. The highest BCUT2D eigenvalue weighted by Gasteiger charge is 2.04. The second kappa shape index (κ2) is 8.04. The molecule has 0 aliphatic heterocycles. The van der Waals surface area contributed by atoms with Crippen molar-refractivity contribution in [3.63, 3.8) is 0 Å². The normalized spacial score (nSPS) is 10.1. The summed E-state index contributed by atoms with van der Waals surface area (Å²) in [5, 5.41) is 2.93. The number of pyridine rings is 1. The summed E-state index contributed by atoms with van der Waals surface area (Å²) in [6.45, 7) is 0.666. The first-order valence-corrected chi connectivity index (χ1v) is 7.07. The van der Waals surface area contributed by atoms with Crippen LogP contribution in [0.5, 0.6) is 5.75 Å². The van der Waals surface area contributed by atoms with Crippen LogP contribution in [-0.2, 0) is 17.6 Å². The maximum absolute atomic E-state index is 11.9. The second-order valence-electron chi connectivity index (χ2n) is 4.80. The first kappa shape index (κ1) is 15.0. The molecule has 0 aliphatic carbocycles. The number of amides is 1. The molecule has 1 N–H and O–H groups in total. The number of aromatic nitrogens is 1. The van der Waals surface area contributed by atoms with E-state index in [0.29, 0.717) is 13.0 Å². The van der Waals surface area contributed by atoms with Gasteiger partial charge in [-0.2, -0.15) is 0 Å². The molecule has 0 aliphatic rings. The van der Waals surface area contributed by atoms with Crippen LogP contribution in [-0.4, -0.2) is 24.5 Å². The quantitative estimate of drug-likeness (QED) is 0.794. The topological polar surface area (TPSA) is 51.2 Å². The summed E-state index contributed by atoms with van der Waals surface area (Å²) in [4.78, 5) is 16.1. The Morgan fingerprint density at radius 3 is 2.90 bits per heavy atom. The molecular formula is C17H20N2O2. The van der Waals surface area contributed by atoms with Crippen LogP contribution in [0.25, 0.3) is 0 Å². The Balaban J connectivity index is 1.70. The maximum atomic E-state index is 11.9. The summed E-state index contributed by atoms with van der Waals surface area (Å²) in [6, 6.07) is 13.4. The monoisotopic (exact) mass is 284 g/mol. The van der Waals surface area contributed by atoms with Crippen LogP contribution in [0.2, 0.25) is 0 Å². The van der Waals surface area contributed by atoms with Gasteiger partial charge in [0.15, 0.2) is 0 Å². The standard InChI is InChI=1S/C17H20N2O2/c1-21-16-9-4-6-14(12-16)13-17(20)19-11-5-8-15-7-2-3-10-18-15/h2-4,6-7,9-10,12H,5,8,11,13H2,1H3,(H,19,20). The van der Waals surface area contributed by atoms with Gasteiger partial charge in [0.1, 0.15) is 5.75 Å². The summed E-state index contributed by atoms with van der Waals surface area (Å²) in [5.41, 5.74) is 2.01. The molecule has 0 fully saturated rings. The van der Waals surface area contributed by atoms with Crippen molar-refractivity contribution in [1.82, 2.24) is 10.3 Å². The molecule has 4 heteroatoms. The lowest BCUT2D eigenvalue weighted by Gasteiger charge is -2.06. The van der Waals surface area contributed by atoms with E-state index in [1.54, 1.807) is 13.3 Å². The SMILES string of the molecule is COc1cccc(CC(=O)NCCCc2ccccn2)c1. The van der Waals surface area contributed by atoms with Crippen molar-refractivity contribution in [3.8, 4) is 5.75 Å². The van der Waals surface area contributed by atoms with Crippen molar-refractivity contribution in [1.29, 1.82) is 0 Å². The minimum absolute atomic E-state index is 0.0317. The van der Waals surface area contributed by atoms with Gasteiger partial charge in [-0.05, 0) is 42.7 Å². The number of hydrogen-bond acceptors (Lipinski definition) is 3. The molecule has 110 valence electrons. The molecule has 0 saturated carbocycles. The van der Waals surface area contributed by atoms with Crippen LogP contribution in [0.1, 0.15) is 17.7 Å². The molecule has 0 spiro atoms. The molecular weight excluding hydrogens is 264 g/mol.